The standard InChI is InChI=1S/C17H17FO2/c1-17(2,3)13-7-4-11(5-8-13)12-6-9-14(16(19)20)15(18)10-12/h4-10H,1-3H3,(H,19,20). The van der Waals surface area contributed by atoms with Gasteiger partial charge in [0.15, 0.2) is 0 Å². The largest absolute Gasteiger partial charge is 0.478 e. The number of carboxylic acid groups (broad SMARTS) is 1. The summed E-state index contributed by atoms with van der Waals surface area (Å²) in [4.78, 5) is 10.8. The Labute approximate surface area is 117 Å². The molecule has 104 valence electrons. The summed E-state index contributed by atoms with van der Waals surface area (Å²) < 4.78 is 13.7. The molecule has 0 atom stereocenters. The monoisotopic (exact) mass is 272 g/mol. The Hall–Kier alpha value is -2.16. The first-order chi connectivity index (χ1) is 9.29. The lowest BCUT2D eigenvalue weighted by Gasteiger charge is -2.19. The number of benzene rings is 2. The summed E-state index contributed by atoms with van der Waals surface area (Å²) in [6, 6.07) is 12.1. The first-order valence-electron chi connectivity index (χ1n) is 6.43. The molecule has 0 saturated heterocycles. The molecule has 2 nitrogen and oxygen atoms in total. The fraction of sp³-hybridized carbons (Fsp3) is 0.235. The van der Waals surface area contributed by atoms with Gasteiger partial charge in [-0.15, -0.1) is 0 Å². The fourth-order valence-electron chi connectivity index (χ4n) is 2.03. The topological polar surface area (TPSA) is 37.3 Å². The van der Waals surface area contributed by atoms with E-state index in [1.54, 1.807) is 6.07 Å². The smallest absolute Gasteiger partial charge is 0.338 e. The van der Waals surface area contributed by atoms with Crippen LogP contribution in [0.5, 0.6) is 0 Å². The van der Waals surface area contributed by atoms with E-state index in [4.69, 9.17) is 5.11 Å². The molecule has 0 aliphatic heterocycles. The summed E-state index contributed by atoms with van der Waals surface area (Å²) in [6.45, 7) is 6.38. The Morgan fingerprint density at radius 2 is 1.55 bits per heavy atom. The van der Waals surface area contributed by atoms with Crippen LogP contribution in [-0.2, 0) is 5.41 Å². The van der Waals surface area contributed by atoms with E-state index in [1.165, 1.54) is 17.7 Å². The highest BCUT2D eigenvalue weighted by atomic mass is 19.1. The maximum absolute atomic E-state index is 13.7. The molecule has 1 N–H and O–H groups in total. The highest BCUT2D eigenvalue weighted by molar-refractivity contribution is 5.88. The first kappa shape index (κ1) is 14.3. The van der Waals surface area contributed by atoms with Gasteiger partial charge in [-0.25, -0.2) is 9.18 Å². The summed E-state index contributed by atoms with van der Waals surface area (Å²) >= 11 is 0. The van der Waals surface area contributed by atoms with Crippen LogP contribution in [0, 0.1) is 5.82 Å². The van der Waals surface area contributed by atoms with Crippen LogP contribution in [0.15, 0.2) is 42.5 Å². The average molecular weight is 272 g/mol. The molecule has 0 radical (unpaired) electrons. The van der Waals surface area contributed by atoms with Gasteiger partial charge < -0.3 is 5.11 Å². The van der Waals surface area contributed by atoms with Crippen LogP contribution in [0.25, 0.3) is 11.1 Å². The number of halogens is 1. The lowest BCUT2D eigenvalue weighted by atomic mass is 9.86. The molecular formula is C17H17FO2. The van der Waals surface area contributed by atoms with Crippen LogP contribution in [0.4, 0.5) is 4.39 Å². The molecule has 0 aliphatic carbocycles. The lowest BCUT2D eigenvalue weighted by molar-refractivity contribution is 0.0692. The summed E-state index contributed by atoms with van der Waals surface area (Å²) in [5.74, 6) is -1.97. The van der Waals surface area contributed by atoms with Gasteiger partial charge in [0.2, 0.25) is 0 Å². The molecule has 0 aliphatic rings. The Kier molecular flexibility index (Phi) is 3.62. The lowest BCUT2D eigenvalue weighted by Crippen LogP contribution is -2.10. The van der Waals surface area contributed by atoms with Crippen LogP contribution in [-0.4, -0.2) is 11.1 Å². The van der Waals surface area contributed by atoms with E-state index < -0.39 is 11.8 Å². The molecular weight excluding hydrogens is 255 g/mol. The van der Waals surface area contributed by atoms with Crippen molar-refractivity contribution in [3.05, 3.63) is 59.4 Å². The van der Waals surface area contributed by atoms with Crippen molar-refractivity contribution in [2.24, 2.45) is 0 Å². The van der Waals surface area contributed by atoms with Gasteiger partial charge in [-0.2, -0.15) is 0 Å². The van der Waals surface area contributed by atoms with Crippen LogP contribution in [0.3, 0.4) is 0 Å². The number of aromatic carboxylic acids is 1. The van der Waals surface area contributed by atoms with Gasteiger partial charge in [0.25, 0.3) is 0 Å². The molecule has 2 aromatic rings. The molecule has 0 saturated carbocycles. The van der Waals surface area contributed by atoms with Gasteiger partial charge >= 0.3 is 5.97 Å². The van der Waals surface area contributed by atoms with Crippen LogP contribution < -0.4 is 0 Å². The second-order valence-electron chi connectivity index (χ2n) is 5.83. The van der Waals surface area contributed by atoms with Crippen molar-refractivity contribution in [1.82, 2.24) is 0 Å². The minimum Gasteiger partial charge on any atom is -0.478 e. The second kappa shape index (κ2) is 5.08. The van der Waals surface area contributed by atoms with Crippen molar-refractivity contribution in [2.45, 2.75) is 26.2 Å². The molecule has 0 bridgehead atoms. The molecule has 0 heterocycles. The van der Waals surface area contributed by atoms with E-state index in [0.717, 1.165) is 5.56 Å². The van der Waals surface area contributed by atoms with Crippen molar-refractivity contribution in [3.8, 4) is 11.1 Å². The number of carbonyl (C=O) groups is 1. The molecule has 0 spiro atoms. The normalized spacial score (nSPS) is 11.4. The summed E-state index contributed by atoms with van der Waals surface area (Å²) in [6.07, 6.45) is 0. The van der Waals surface area contributed by atoms with Crippen molar-refractivity contribution < 1.29 is 14.3 Å². The quantitative estimate of drug-likeness (QED) is 0.874. The maximum Gasteiger partial charge on any atom is 0.338 e. The van der Waals surface area contributed by atoms with Gasteiger partial charge in [-0.3, -0.25) is 0 Å². The van der Waals surface area contributed by atoms with Gasteiger partial charge in [-0.1, -0.05) is 51.1 Å². The van der Waals surface area contributed by atoms with Gasteiger partial charge in [0, 0.05) is 0 Å². The van der Waals surface area contributed by atoms with Crippen LogP contribution in [0.2, 0.25) is 0 Å². The number of rotatable bonds is 2. The summed E-state index contributed by atoms with van der Waals surface area (Å²) in [5.41, 5.74) is 2.50. The van der Waals surface area contributed by atoms with Crippen LogP contribution >= 0.6 is 0 Å². The molecule has 0 unspecified atom stereocenters. The van der Waals surface area contributed by atoms with E-state index >= 15 is 0 Å². The van der Waals surface area contributed by atoms with Gasteiger partial charge in [-0.05, 0) is 34.2 Å². The Bertz CT molecular complexity index is 637. The highest BCUT2D eigenvalue weighted by Gasteiger charge is 2.14. The zero-order valence-electron chi connectivity index (χ0n) is 11.8. The molecule has 20 heavy (non-hydrogen) atoms. The Balaban J connectivity index is 2.37. The molecule has 0 aromatic heterocycles. The molecule has 3 heteroatoms. The maximum atomic E-state index is 13.7. The zero-order chi connectivity index (χ0) is 14.9. The van der Waals surface area contributed by atoms with E-state index in [2.05, 4.69) is 20.8 Å². The predicted molar refractivity (Wildman–Crippen MR) is 77.5 cm³/mol. The third kappa shape index (κ3) is 2.87. The van der Waals surface area contributed by atoms with Crippen molar-refractivity contribution in [2.75, 3.05) is 0 Å². The minimum absolute atomic E-state index is 0.0664. The van der Waals surface area contributed by atoms with Crippen LogP contribution in [0.1, 0.15) is 36.7 Å². The fourth-order valence-corrected chi connectivity index (χ4v) is 2.03. The second-order valence-corrected chi connectivity index (χ2v) is 5.83. The van der Waals surface area contributed by atoms with E-state index in [1.807, 2.05) is 24.3 Å². The number of hydrogen-bond acceptors (Lipinski definition) is 1. The highest BCUT2D eigenvalue weighted by Crippen LogP contribution is 2.27. The number of carboxylic acids is 1. The average Bonchev–Trinajstić information content (AvgIpc) is 2.37. The summed E-state index contributed by atoms with van der Waals surface area (Å²) in [5, 5.41) is 8.81. The van der Waals surface area contributed by atoms with E-state index in [9.17, 15) is 9.18 Å². The first-order valence-corrected chi connectivity index (χ1v) is 6.43. The Morgan fingerprint density at radius 3 is 2.00 bits per heavy atom. The number of hydrogen-bond donors (Lipinski definition) is 1. The molecule has 2 rings (SSSR count). The van der Waals surface area contributed by atoms with Crippen molar-refractivity contribution in [3.63, 3.8) is 0 Å². The van der Waals surface area contributed by atoms with Gasteiger partial charge in [0.05, 0.1) is 5.56 Å². The third-order valence-electron chi connectivity index (χ3n) is 3.28. The molecule has 0 amide bonds. The summed E-state index contributed by atoms with van der Waals surface area (Å²) in [7, 11) is 0. The molecule has 0 fully saturated rings. The zero-order valence-corrected chi connectivity index (χ0v) is 11.8. The van der Waals surface area contributed by atoms with Crippen molar-refractivity contribution in [1.29, 1.82) is 0 Å². The predicted octanol–water partition coefficient (Wildman–Crippen LogP) is 4.49. The van der Waals surface area contributed by atoms with Gasteiger partial charge in [0.1, 0.15) is 5.82 Å². The Morgan fingerprint density at radius 1 is 1.00 bits per heavy atom. The van der Waals surface area contributed by atoms with E-state index in [0.29, 0.717) is 5.56 Å². The molecule has 2 aromatic carbocycles. The third-order valence-corrected chi connectivity index (χ3v) is 3.28. The SMILES string of the molecule is CC(C)(C)c1ccc(-c2ccc(C(=O)O)c(F)c2)cc1. The minimum atomic E-state index is -1.25. The van der Waals surface area contributed by atoms with Crippen molar-refractivity contribution >= 4 is 5.97 Å². The van der Waals surface area contributed by atoms with E-state index in [-0.39, 0.29) is 11.0 Å².